The molecule has 19 heavy (non-hydrogen) atoms. The largest absolute Gasteiger partial charge is 0.445 e. The van der Waals surface area contributed by atoms with Gasteiger partial charge in [-0.1, -0.05) is 13.8 Å². The number of hydrogen-bond acceptors (Lipinski definition) is 4. The van der Waals surface area contributed by atoms with Crippen LogP contribution in [0.15, 0.2) is 28.9 Å². The van der Waals surface area contributed by atoms with Gasteiger partial charge < -0.3 is 9.73 Å². The number of carbonyl (C=O) groups is 1. The lowest BCUT2D eigenvalue weighted by atomic mass is 10.2. The maximum Gasteiger partial charge on any atom is 0.273 e. The Hall–Kier alpha value is -2.17. The zero-order chi connectivity index (χ0) is 13.8. The van der Waals surface area contributed by atoms with Gasteiger partial charge in [-0.05, 0) is 24.6 Å². The Labute approximate surface area is 112 Å². The van der Waals surface area contributed by atoms with Crippen LogP contribution in [0.2, 0.25) is 0 Å². The van der Waals surface area contributed by atoms with Crippen molar-refractivity contribution in [3.05, 3.63) is 47.4 Å². The molecule has 0 fully saturated rings. The summed E-state index contributed by atoms with van der Waals surface area (Å²) in [6.07, 6.45) is 3.39. The van der Waals surface area contributed by atoms with E-state index in [9.17, 15) is 4.79 Å². The van der Waals surface area contributed by atoms with Gasteiger partial charge in [0.25, 0.3) is 5.91 Å². The van der Waals surface area contributed by atoms with Gasteiger partial charge >= 0.3 is 0 Å². The second-order valence-electron chi connectivity index (χ2n) is 4.65. The Morgan fingerprint density at radius 3 is 2.63 bits per heavy atom. The molecule has 0 aliphatic rings. The highest BCUT2D eigenvalue weighted by molar-refractivity contribution is 5.93. The highest BCUT2D eigenvalue weighted by atomic mass is 16.4. The van der Waals surface area contributed by atoms with Crippen LogP contribution in [0.5, 0.6) is 0 Å². The first kappa shape index (κ1) is 13.3. The quantitative estimate of drug-likeness (QED) is 0.915. The van der Waals surface area contributed by atoms with Crippen LogP contribution in [-0.4, -0.2) is 15.9 Å². The fourth-order valence-corrected chi connectivity index (χ4v) is 1.64. The molecule has 100 valence electrons. The average Bonchev–Trinajstić information content (AvgIpc) is 2.80. The maximum absolute atomic E-state index is 12.0. The van der Waals surface area contributed by atoms with E-state index in [1.807, 2.05) is 26.0 Å². The van der Waals surface area contributed by atoms with Crippen molar-refractivity contribution in [2.45, 2.75) is 33.2 Å². The number of pyridine rings is 1. The third-order valence-electron chi connectivity index (χ3n) is 2.72. The second-order valence-corrected chi connectivity index (χ2v) is 4.65. The summed E-state index contributed by atoms with van der Waals surface area (Å²) in [6, 6.07) is 3.71. The smallest absolute Gasteiger partial charge is 0.273 e. The van der Waals surface area contributed by atoms with Gasteiger partial charge in [-0.25, -0.2) is 4.98 Å². The first-order chi connectivity index (χ1) is 9.08. The molecule has 0 saturated heterocycles. The number of hydrogen-bond donors (Lipinski definition) is 1. The number of amides is 1. The van der Waals surface area contributed by atoms with Gasteiger partial charge in [0, 0.05) is 24.9 Å². The lowest BCUT2D eigenvalue weighted by Crippen LogP contribution is -2.23. The number of oxazole rings is 1. The third-order valence-corrected chi connectivity index (χ3v) is 2.72. The fourth-order valence-electron chi connectivity index (χ4n) is 1.64. The van der Waals surface area contributed by atoms with Gasteiger partial charge in [-0.15, -0.1) is 0 Å². The molecule has 0 bridgehead atoms. The lowest BCUT2D eigenvalue weighted by Gasteiger charge is -2.03. The van der Waals surface area contributed by atoms with Gasteiger partial charge in [-0.2, -0.15) is 0 Å². The summed E-state index contributed by atoms with van der Waals surface area (Å²) in [6.45, 7) is 6.15. The van der Waals surface area contributed by atoms with E-state index < -0.39 is 0 Å². The minimum atomic E-state index is -0.218. The number of carbonyl (C=O) groups excluding carboxylic acids is 1. The molecule has 5 heteroatoms. The Morgan fingerprint density at radius 2 is 2.05 bits per heavy atom. The molecular formula is C14H17N3O2. The van der Waals surface area contributed by atoms with Crippen molar-refractivity contribution in [2.24, 2.45) is 0 Å². The first-order valence-electron chi connectivity index (χ1n) is 6.22. The number of aryl methyl sites for hydroxylation is 1. The summed E-state index contributed by atoms with van der Waals surface area (Å²) in [5.41, 5.74) is 1.35. The Morgan fingerprint density at radius 1 is 1.37 bits per heavy atom. The number of rotatable bonds is 4. The predicted molar refractivity (Wildman–Crippen MR) is 70.7 cm³/mol. The van der Waals surface area contributed by atoms with Gasteiger partial charge in [-0.3, -0.25) is 9.78 Å². The molecule has 0 aliphatic heterocycles. The minimum absolute atomic E-state index is 0.167. The van der Waals surface area contributed by atoms with Crippen LogP contribution in [0.3, 0.4) is 0 Å². The van der Waals surface area contributed by atoms with Gasteiger partial charge in [0.1, 0.15) is 5.76 Å². The molecule has 5 nitrogen and oxygen atoms in total. The van der Waals surface area contributed by atoms with Crippen molar-refractivity contribution < 1.29 is 9.21 Å². The van der Waals surface area contributed by atoms with Crippen molar-refractivity contribution in [3.8, 4) is 0 Å². The molecule has 0 radical (unpaired) electrons. The molecular weight excluding hydrogens is 242 g/mol. The minimum Gasteiger partial charge on any atom is -0.445 e. The summed E-state index contributed by atoms with van der Waals surface area (Å²) < 4.78 is 5.47. The first-order valence-corrected chi connectivity index (χ1v) is 6.22. The van der Waals surface area contributed by atoms with E-state index in [0.717, 1.165) is 5.56 Å². The fraction of sp³-hybridized carbons (Fsp3) is 0.357. The monoisotopic (exact) mass is 259 g/mol. The maximum atomic E-state index is 12.0. The van der Waals surface area contributed by atoms with Crippen LogP contribution >= 0.6 is 0 Å². The number of aromatic nitrogens is 2. The van der Waals surface area contributed by atoms with Gasteiger partial charge in [0.2, 0.25) is 0 Å². The van der Waals surface area contributed by atoms with Gasteiger partial charge in [0.15, 0.2) is 11.6 Å². The van der Waals surface area contributed by atoms with Crippen LogP contribution in [0.4, 0.5) is 0 Å². The van der Waals surface area contributed by atoms with Crippen molar-refractivity contribution in [3.63, 3.8) is 0 Å². The van der Waals surface area contributed by atoms with E-state index in [0.29, 0.717) is 23.9 Å². The van der Waals surface area contributed by atoms with E-state index in [1.54, 1.807) is 19.3 Å². The van der Waals surface area contributed by atoms with Crippen LogP contribution in [0.1, 0.15) is 47.5 Å². The normalized spacial score (nSPS) is 10.7. The molecule has 2 aromatic heterocycles. The standard InChI is InChI=1S/C14H17N3O2/c1-9(2)14-17-12(10(3)19-14)13(18)16-8-11-4-6-15-7-5-11/h4-7,9H,8H2,1-3H3,(H,16,18). The van der Waals surface area contributed by atoms with Crippen molar-refractivity contribution in [1.29, 1.82) is 0 Å². The molecule has 2 heterocycles. The molecule has 1 N–H and O–H groups in total. The summed E-state index contributed by atoms with van der Waals surface area (Å²) in [5, 5.41) is 2.82. The molecule has 2 aromatic rings. The van der Waals surface area contributed by atoms with Crippen molar-refractivity contribution in [2.75, 3.05) is 0 Å². The van der Waals surface area contributed by atoms with Crippen molar-refractivity contribution in [1.82, 2.24) is 15.3 Å². The summed E-state index contributed by atoms with van der Waals surface area (Å²) in [7, 11) is 0. The zero-order valence-electron chi connectivity index (χ0n) is 11.3. The van der Waals surface area contributed by atoms with E-state index >= 15 is 0 Å². The van der Waals surface area contributed by atoms with Crippen LogP contribution in [0, 0.1) is 6.92 Å². The Bertz CT molecular complexity index is 561. The van der Waals surface area contributed by atoms with Crippen molar-refractivity contribution >= 4 is 5.91 Å². The Kier molecular flexibility index (Phi) is 3.94. The summed E-state index contributed by atoms with van der Waals surface area (Å²) in [5.74, 6) is 1.09. The zero-order valence-corrected chi connectivity index (χ0v) is 11.3. The molecule has 0 atom stereocenters. The Balaban J connectivity index is 2.04. The predicted octanol–water partition coefficient (Wildman–Crippen LogP) is 2.43. The van der Waals surface area contributed by atoms with Crippen LogP contribution in [0.25, 0.3) is 0 Å². The van der Waals surface area contributed by atoms with E-state index in [-0.39, 0.29) is 11.8 Å². The molecule has 0 aliphatic carbocycles. The third kappa shape index (κ3) is 3.19. The van der Waals surface area contributed by atoms with Crippen LogP contribution in [-0.2, 0) is 6.54 Å². The molecule has 1 amide bonds. The van der Waals surface area contributed by atoms with Crippen LogP contribution < -0.4 is 5.32 Å². The average molecular weight is 259 g/mol. The SMILES string of the molecule is Cc1oc(C(C)C)nc1C(=O)NCc1ccncc1. The number of nitrogens with zero attached hydrogens (tertiary/aromatic N) is 2. The van der Waals surface area contributed by atoms with E-state index in [4.69, 9.17) is 4.42 Å². The molecule has 0 unspecified atom stereocenters. The topological polar surface area (TPSA) is 68.0 Å². The second kappa shape index (κ2) is 5.65. The molecule has 0 saturated carbocycles. The lowest BCUT2D eigenvalue weighted by molar-refractivity contribution is 0.0945. The van der Waals surface area contributed by atoms with Gasteiger partial charge in [0.05, 0.1) is 0 Å². The van der Waals surface area contributed by atoms with E-state index in [2.05, 4.69) is 15.3 Å². The van der Waals surface area contributed by atoms with E-state index in [1.165, 1.54) is 0 Å². The molecule has 0 aromatic carbocycles. The highest BCUT2D eigenvalue weighted by Crippen LogP contribution is 2.17. The summed E-state index contributed by atoms with van der Waals surface area (Å²) in [4.78, 5) is 20.2. The molecule has 2 rings (SSSR count). The molecule has 0 spiro atoms. The number of nitrogens with one attached hydrogen (secondary N) is 1. The summed E-state index contributed by atoms with van der Waals surface area (Å²) >= 11 is 0. The highest BCUT2D eigenvalue weighted by Gasteiger charge is 2.18.